The summed E-state index contributed by atoms with van der Waals surface area (Å²) in [7, 11) is -3.35. The maximum Gasteiger partial charge on any atom is 0.329 e. The molecule has 1 aromatic rings. The van der Waals surface area contributed by atoms with Crippen LogP contribution >= 0.6 is 0 Å². The molecule has 0 radical (unpaired) electrons. The summed E-state index contributed by atoms with van der Waals surface area (Å²) in [6.07, 6.45) is -0.353. The SMILES string of the molecule is C[C@H](OC(=O)[C@@H](CCS(C)(=O)=O)NC(=O)c1ccccc1)C(N)=O. The number of hydrogen-bond donors (Lipinski definition) is 2. The van der Waals surface area contributed by atoms with Gasteiger partial charge in [0.15, 0.2) is 6.10 Å². The van der Waals surface area contributed by atoms with E-state index in [1.165, 1.54) is 6.92 Å². The molecule has 2 atom stereocenters. The Labute approximate surface area is 140 Å². The second kappa shape index (κ2) is 8.44. The second-order valence-corrected chi connectivity index (χ2v) is 7.55. The summed E-state index contributed by atoms with van der Waals surface area (Å²) in [5.41, 5.74) is 5.32. The molecule has 132 valence electrons. The molecule has 2 amide bonds. The van der Waals surface area contributed by atoms with Crippen molar-refractivity contribution in [3.8, 4) is 0 Å². The Hall–Kier alpha value is -2.42. The highest BCUT2D eigenvalue weighted by Crippen LogP contribution is 2.05. The molecule has 8 nitrogen and oxygen atoms in total. The van der Waals surface area contributed by atoms with E-state index in [1.54, 1.807) is 30.3 Å². The van der Waals surface area contributed by atoms with Crippen molar-refractivity contribution in [2.75, 3.05) is 12.0 Å². The number of amides is 2. The van der Waals surface area contributed by atoms with E-state index in [0.717, 1.165) is 6.26 Å². The third kappa shape index (κ3) is 6.78. The first-order chi connectivity index (χ1) is 11.1. The lowest BCUT2D eigenvalue weighted by Gasteiger charge is -2.19. The molecule has 0 aliphatic rings. The van der Waals surface area contributed by atoms with Gasteiger partial charge in [0.1, 0.15) is 15.9 Å². The number of primary amides is 1. The average Bonchev–Trinajstić information content (AvgIpc) is 2.50. The molecule has 1 aromatic carbocycles. The van der Waals surface area contributed by atoms with Crippen LogP contribution in [0.2, 0.25) is 0 Å². The average molecular weight is 356 g/mol. The Kier molecular flexibility index (Phi) is 6.90. The van der Waals surface area contributed by atoms with Crippen LogP contribution in [0, 0.1) is 0 Å². The molecule has 24 heavy (non-hydrogen) atoms. The van der Waals surface area contributed by atoms with E-state index < -0.39 is 39.8 Å². The Morgan fingerprint density at radius 3 is 2.29 bits per heavy atom. The van der Waals surface area contributed by atoms with Crippen LogP contribution in [0.1, 0.15) is 23.7 Å². The summed E-state index contributed by atoms with van der Waals surface area (Å²) >= 11 is 0. The third-order valence-electron chi connectivity index (χ3n) is 3.10. The highest BCUT2D eigenvalue weighted by Gasteiger charge is 2.27. The molecule has 9 heteroatoms. The number of nitrogens with two attached hydrogens (primary N) is 1. The normalized spacial score (nSPS) is 13.6. The maximum atomic E-state index is 12.1. The van der Waals surface area contributed by atoms with E-state index in [1.807, 2.05) is 0 Å². The number of esters is 1. The molecule has 1 rings (SSSR count). The lowest BCUT2D eigenvalue weighted by molar-refractivity contribution is -0.155. The van der Waals surface area contributed by atoms with Crippen molar-refractivity contribution in [1.82, 2.24) is 5.32 Å². The first-order valence-corrected chi connectivity index (χ1v) is 9.19. The second-order valence-electron chi connectivity index (χ2n) is 5.29. The Morgan fingerprint density at radius 1 is 1.21 bits per heavy atom. The predicted molar refractivity (Wildman–Crippen MR) is 86.8 cm³/mol. The van der Waals surface area contributed by atoms with Gasteiger partial charge in [-0.1, -0.05) is 18.2 Å². The molecule has 0 saturated carbocycles. The largest absolute Gasteiger partial charge is 0.451 e. The molecular weight excluding hydrogens is 336 g/mol. The maximum absolute atomic E-state index is 12.1. The predicted octanol–water partition coefficient (Wildman–Crippen LogP) is -0.363. The minimum atomic E-state index is -3.35. The van der Waals surface area contributed by atoms with Crippen LogP contribution in [-0.4, -0.2) is 50.4 Å². The fourth-order valence-corrected chi connectivity index (χ4v) is 2.39. The van der Waals surface area contributed by atoms with Crippen LogP contribution in [0.3, 0.4) is 0 Å². The standard InChI is InChI=1S/C15H20N2O6S/c1-10(13(16)18)23-15(20)12(8-9-24(2,21)22)17-14(19)11-6-4-3-5-7-11/h3-7,10,12H,8-9H2,1-2H3,(H2,16,18)(H,17,19)/t10-,12+/m0/s1. The number of sulfone groups is 1. The molecule has 0 saturated heterocycles. The van der Waals surface area contributed by atoms with Crippen molar-refractivity contribution in [2.24, 2.45) is 5.73 Å². The molecule has 0 spiro atoms. The molecule has 3 N–H and O–H groups in total. The molecule has 0 heterocycles. The van der Waals surface area contributed by atoms with Crippen molar-refractivity contribution < 1.29 is 27.5 Å². The van der Waals surface area contributed by atoms with Crippen LogP contribution in [0.15, 0.2) is 30.3 Å². The highest BCUT2D eigenvalue weighted by atomic mass is 32.2. The molecule has 0 unspecified atom stereocenters. The zero-order chi connectivity index (χ0) is 18.3. The summed E-state index contributed by atoms with van der Waals surface area (Å²) in [4.78, 5) is 35.2. The highest BCUT2D eigenvalue weighted by molar-refractivity contribution is 7.90. The van der Waals surface area contributed by atoms with Gasteiger partial charge in [-0.25, -0.2) is 13.2 Å². The van der Waals surface area contributed by atoms with E-state index >= 15 is 0 Å². The minimum Gasteiger partial charge on any atom is -0.451 e. The zero-order valence-electron chi connectivity index (χ0n) is 13.4. The van der Waals surface area contributed by atoms with Gasteiger partial charge in [-0.2, -0.15) is 0 Å². The molecular formula is C15H20N2O6S. The van der Waals surface area contributed by atoms with Crippen molar-refractivity contribution in [3.63, 3.8) is 0 Å². The number of ether oxygens (including phenoxy) is 1. The number of hydrogen-bond acceptors (Lipinski definition) is 6. The molecule has 0 aliphatic heterocycles. The fraction of sp³-hybridized carbons (Fsp3) is 0.400. The van der Waals surface area contributed by atoms with Crippen LogP contribution in [0.4, 0.5) is 0 Å². The fourth-order valence-electron chi connectivity index (χ4n) is 1.73. The van der Waals surface area contributed by atoms with Crippen LogP contribution in [-0.2, 0) is 24.2 Å². The van der Waals surface area contributed by atoms with E-state index in [0.29, 0.717) is 5.56 Å². The minimum absolute atomic E-state index is 0.179. The van der Waals surface area contributed by atoms with Crippen molar-refractivity contribution in [2.45, 2.75) is 25.5 Å². The van der Waals surface area contributed by atoms with Gasteiger partial charge in [0.25, 0.3) is 11.8 Å². The van der Waals surface area contributed by atoms with Gasteiger partial charge in [0.05, 0.1) is 5.75 Å². The van der Waals surface area contributed by atoms with Crippen molar-refractivity contribution in [3.05, 3.63) is 35.9 Å². The first-order valence-electron chi connectivity index (χ1n) is 7.13. The number of carbonyl (C=O) groups is 3. The Bertz CT molecular complexity index is 702. The lowest BCUT2D eigenvalue weighted by Crippen LogP contribution is -2.45. The van der Waals surface area contributed by atoms with Crippen LogP contribution in [0.25, 0.3) is 0 Å². The smallest absolute Gasteiger partial charge is 0.329 e. The van der Waals surface area contributed by atoms with Crippen LogP contribution < -0.4 is 11.1 Å². The molecule has 0 bridgehead atoms. The van der Waals surface area contributed by atoms with E-state index in [-0.39, 0.29) is 12.2 Å². The summed E-state index contributed by atoms with van der Waals surface area (Å²) in [6, 6.07) is 6.89. The number of nitrogens with one attached hydrogen (secondary N) is 1. The summed E-state index contributed by atoms with van der Waals surface area (Å²) in [5.74, 6) is -2.65. The van der Waals surface area contributed by atoms with Gasteiger partial charge in [0, 0.05) is 11.8 Å². The van der Waals surface area contributed by atoms with Gasteiger partial charge in [-0.3, -0.25) is 9.59 Å². The van der Waals surface area contributed by atoms with Gasteiger partial charge >= 0.3 is 5.97 Å². The van der Waals surface area contributed by atoms with Gasteiger partial charge in [-0.15, -0.1) is 0 Å². The number of rotatable bonds is 8. The zero-order valence-corrected chi connectivity index (χ0v) is 14.2. The Balaban J connectivity index is 2.86. The van der Waals surface area contributed by atoms with E-state index in [9.17, 15) is 22.8 Å². The van der Waals surface area contributed by atoms with Gasteiger partial charge < -0.3 is 15.8 Å². The monoisotopic (exact) mass is 356 g/mol. The summed E-state index contributed by atoms with van der Waals surface area (Å²) < 4.78 is 27.5. The summed E-state index contributed by atoms with van der Waals surface area (Å²) in [5, 5.41) is 2.42. The van der Waals surface area contributed by atoms with Gasteiger partial charge in [0.2, 0.25) is 0 Å². The lowest BCUT2D eigenvalue weighted by atomic mass is 10.1. The van der Waals surface area contributed by atoms with Crippen molar-refractivity contribution in [1.29, 1.82) is 0 Å². The van der Waals surface area contributed by atoms with E-state index in [4.69, 9.17) is 10.5 Å². The van der Waals surface area contributed by atoms with Crippen molar-refractivity contribution >= 4 is 27.6 Å². The molecule has 0 fully saturated rings. The quantitative estimate of drug-likeness (QED) is 0.611. The van der Waals surface area contributed by atoms with Crippen LogP contribution in [0.5, 0.6) is 0 Å². The van der Waals surface area contributed by atoms with Gasteiger partial charge in [-0.05, 0) is 25.5 Å². The number of carbonyl (C=O) groups excluding carboxylic acids is 3. The number of benzene rings is 1. The molecule has 0 aromatic heterocycles. The Morgan fingerprint density at radius 2 is 1.79 bits per heavy atom. The topological polar surface area (TPSA) is 133 Å². The third-order valence-corrected chi connectivity index (χ3v) is 4.07. The molecule has 0 aliphatic carbocycles. The first kappa shape index (κ1) is 19.6. The van der Waals surface area contributed by atoms with E-state index in [2.05, 4.69) is 5.32 Å². The summed E-state index contributed by atoms with van der Waals surface area (Å²) in [6.45, 7) is 1.28.